The minimum atomic E-state index is 0.130. The average Bonchev–Trinajstić information content (AvgIpc) is 2.75. The third kappa shape index (κ3) is 3.21. The van der Waals surface area contributed by atoms with Crippen molar-refractivity contribution in [3.05, 3.63) is 56.2 Å². The van der Waals surface area contributed by atoms with Crippen molar-refractivity contribution in [3.63, 3.8) is 0 Å². The standard InChI is InChI=1S/C15H15ClOS/c1-3-13-4-5-14(18-13)9-15(17)11-6-10(2)7-12(16)8-11/h4-8H,3,9H2,1-2H3. The van der Waals surface area contributed by atoms with Gasteiger partial charge < -0.3 is 0 Å². The van der Waals surface area contributed by atoms with Crippen LogP contribution < -0.4 is 0 Å². The van der Waals surface area contributed by atoms with Gasteiger partial charge in [0.1, 0.15) is 0 Å². The van der Waals surface area contributed by atoms with E-state index in [1.54, 1.807) is 17.4 Å². The van der Waals surface area contributed by atoms with Crippen molar-refractivity contribution in [1.29, 1.82) is 0 Å². The summed E-state index contributed by atoms with van der Waals surface area (Å²) in [7, 11) is 0. The number of aryl methyl sites for hydroxylation is 2. The van der Waals surface area contributed by atoms with Crippen LogP contribution in [0.1, 0.15) is 32.6 Å². The summed E-state index contributed by atoms with van der Waals surface area (Å²) in [5.74, 6) is 0.130. The molecule has 0 unspecified atom stereocenters. The average molecular weight is 279 g/mol. The Morgan fingerprint density at radius 1 is 1.22 bits per heavy atom. The van der Waals surface area contributed by atoms with E-state index in [1.807, 2.05) is 25.1 Å². The van der Waals surface area contributed by atoms with Crippen molar-refractivity contribution >= 4 is 28.7 Å². The van der Waals surface area contributed by atoms with Crippen molar-refractivity contribution in [2.24, 2.45) is 0 Å². The van der Waals surface area contributed by atoms with E-state index in [1.165, 1.54) is 4.88 Å². The highest BCUT2D eigenvalue weighted by atomic mass is 35.5. The van der Waals surface area contributed by atoms with E-state index in [0.717, 1.165) is 16.9 Å². The van der Waals surface area contributed by atoms with Gasteiger partial charge in [0.2, 0.25) is 0 Å². The van der Waals surface area contributed by atoms with Gasteiger partial charge in [0.05, 0.1) is 0 Å². The zero-order valence-corrected chi connectivity index (χ0v) is 12.1. The number of halogens is 1. The van der Waals surface area contributed by atoms with Gasteiger partial charge in [-0.05, 0) is 49.2 Å². The molecule has 0 bridgehead atoms. The van der Waals surface area contributed by atoms with Gasteiger partial charge >= 0.3 is 0 Å². The molecule has 1 aromatic carbocycles. The molecule has 0 aliphatic heterocycles. The smallest absolute Gasteiger partial charge is 0.168 e. The molecular weight excluding hydrogens is 264 g/mol. The molecule has 0 saturated heterocycles. The van der Waals surface area contributed by atoms with Crippen molar-refractivity contribution < 1.29 is 4.79 Å². The molecule has 18 heavy (non-hydrogen) atoms. The summed E-state index contributed by atoms with van der Waals surface area (Å²) < 4.78 is 0. The van der Waals surface area contributed by atoms with Crippen LogP contribution in [0.5, 0.6) is 0 Å². The van der Waals surface area contributed by atoms with E-state index in [9.17, 15) is 4.79 Å². The Morgan fingerprint density at radius 2 is 1.94 bits per heavy atom. The van der Waals surface area contributed by atoms with Crippen LogP contribution in [0.4, 0.5) is 0 Å². The third-order valence-electron chi connectivity index (χ3n) is 2.76. The lowest BCUT2D eigenvalue weighted by Gasteiger charge is -2.02. The summed E-state index contributed by atoms with van der Waals surface area (Å²) in [5.41, 5.74) is 1.72. The van der Waals surface area contributed by atoms with Crippen molar-refractivity contribution in [2.75, 3.05) is 0 Å². The van der Waals surface area contributed by atoms with E-state index >= 15 is 0 Å². The van der Waals surface area contributed by atoms with E-state index in [0.29, 0.717) is 17.0 Å². The lowest BCUT2D eigenvalue weighted by atomic mass is 10.1. The number of carbonyl (C=O) groups is 1. The number of hydrogen-bond acceptors (Lipinski definition) is 2. The Kier molecular flexibility index (Phi) is 4.20. The number of rotatable bonds is 4. The first-order valence-electron chi connectivity index (χ1n) is 5.96. The zero-order valence-electron chi connectivity index (χ0n) is 10.5. The molecule has 0 spiro atoms. The van der Waals surface area contributed by atoms with Gasteiger partial charge in [0.15, 0.2) is 5.78 Å². The fraction of sp³-hybridized carbons (Fsp3) is 0.267. The second-order valence-electron chi connectivity index (χ2n) is 4.34. The Bertz CT molecular complexity index is 551. The molecule has 94 valence electrons. The van der Waals surface area contributed by atoms with Crippen LogP contribution in [0.15, 0.2) is 30.3 Å². The molecule has 2 aromatic rings. The molecule has 2 rings (SSSR count). The van der Waals surface area contributed by atoms with Gasteiger partial charge in [-0.3, -0.25) is 4.79 Å². The van der Waals surface area contributed by atoms with Gasteiger partial charge in [-0.25, -0.2) is 0 Å². The second-order valence-corrected chi connectivity index (χ2v) is 6.03. The maximum atomic E-state index is 12.2. The monoisotopic (exact) mass is 278 g/mol. The van der Waals surface area contributed by atoms with E-state index in [2.05, 4.69) is 13.0 Å². The third-order valence-corrected chi connectivity index (χ3v) is 4.21. The first-order chi connectivity index (χ1) is 8.58. The number of Topliss-reactive ketones (excluding diaryl/α,β-unsaturated/α-hetero) is 1. The Morgan fingerprint density at radius 3 is 2.56 bits per heavy atom. The van der Waals surface area contributed by atoms with E-state index in [4.69, 9.17) is 11.6 Å². The molecule has 1 nitrogen and oxygen atoms in total. The van der Waals surface area contributed by atoms with Gasteiger partial charge in [0.25, 0.3) is 0 Å². The van der Waals surface area contributed by atoms with Crippen molar-refractivity contribution in [2.45, 2.75) is 26.7 Å². The first kappa shape index (κ1) is 13.3. The fourth-order valence-corrected chi connectivity index (χ4v) is 3.11. The molecule has 0 fully saturated rings. The number of benzene rings is 1. The minimum absolute atomic E-state index is 0.130. The largest absolute Gasteiger partial charge is 0.294 e. The highest BCUT2D eigenvalue weighted by molar-refractivity contribution is 7.12. The van der Waals surface area contributed by atoms with E-state index in [-0.39, 0.29) is 5.78 Å². The van der Waals surface area contributed by atoms with Crippen molar-refractivity contribution in [1.82, 2.24) is 0 Å². The molecule has 0 atom stereocenters. The molecule has 3 heteroatoms. The van der Waals surface area contributed by atoms with Crippen LogP contribution in [0.25, 0.3) is 0 Å². The lowest BCUT2D eigenvalue weighted by Crippen LogP contribution is -2.02. The summed E-state index contributed by atoms with van der Waals surface area (Å²) in [5, 5.41) is 0.624. The number of ketones is 1. The fourth-order valence-electron chi connectivity index (χ4n) is 1.86. The van der Waals surface area contributed by atoms with Crippen LogP contribution in [-0.2, 0) is 12.8 Å². The van der Waals surface area contributed by atoms with Crippen LogP contribution in [0, 0.1) is 6.92 Å². The molecule has 0 aliphatic carbocycles. The summed E-state index contributed by atoms with van der Waals surface area (Å²) in [6, 6.07) is 9.63. The second kappa shape index (κ2) is 5.68. The molecule has 1 heterocycles. The summed E-state index contributed by atoms with van der Waals surface area (Å²) in [6.45, 7) is 4.07. The Hall–Kier alpha value is -1.12. The number of carbonyl (C=O) groups excluding carboxylic acids is 1. The Labute approximate surface area is 116 Å². The molecule has 0 saturated carbocycles. The van der Waals surface area contributed by atoms with Crippen LogP contribution in [0.2, 0.25) is 5.02 Å². The molecule has 0 N–H and O–H groups in total. The maximum absolute atomic E-state index is 12.2. The van der Waals surface area contributed by atoms with Gasteiger partial charge in [0, 0.05) is 26.8 Å². The highest BCUT2D eigenvalue weighted by Gasteiger charge is 2.10. The first-order valence-corrected chi connectivity index (χ1v) is 7.16. The minimum Gasteiger partial charge on any atom is -0.294 e. The van der Waals surface area contributed by atoms with E-state index < -0.39 is 0 Å². The Balaban J connectivity index is 2.16. The molecule has 0 aliphatic rings. The lowest BCUT2D eigenvalue weighted by molar-refractivity contribution is 0.0993. The van der Waals surface area contributed by atoms with Gasteiger partial charge in [-0.15, -0.1) is 11.3 Å². The molecular formula is C15H15ClOS. The maximum Gasteiger partial charge on any atom is 0.168 e. The summed E-state index contributed by atoms with van der Waals surface area (Å²) in [6.07, 6.45) is 1.49. The highest BCUT2D eigenvalue weighted by Crippen LogP contribution is 2.21. The summed E-state index contributed by atoms with van der Waals surface area (Å²) in [4.78, 5) is 14.6. The number of hydrogen-bond donors (Lipinski definition) is 0. The molecule has 0 radical (unpaired) electrons. The zero-order chi connectivity index (χ0) is 13.1. The topological polar surface area (TPSA) is 17.1 Å². The molecule has 0 amide bonds. The van der Waals surface area contributed by atoms with Gasteiger partial charge in [-0.1, -0.05) is 18.5 Å². The predicted octanol–water partition coefficient (Wildman–Crippen LogP) is 4.70. The SMILES string of the molecule is CCc1ccc(CC(=O)c2cc(C)cc(Cl)c2)s1. The van der Waals surface area contributed by atoms with Crippen molar-refractivity contribution in [3.8, 4) is 0 Å². The number of thiophene rings is 1. The normalized spacial score (nSPS) is 10.6. The van der Waals surface area contributed by atoms with Crippen LogP contribution in [-0.4, -0.2) is 5.78 Å². The molecule has 1 aromatic heterocycles. The van der Waals surface area contributed by atoms with Gasteiger partial charge in [-0.2, -0.15) is 0 Å². The summed E-state index contributed by atoms with van der Waals surface area (Å²) >= 11 is 7.68. The van der Waals surface area contributed by atoms with Crippen LogP contribution >= 0.6 is 22.9 Å². The quantitative estimate of drug-likeness (QED) is 0.741. The predicted molar refractivity (Wildman–Crippen MR) is 77.9 cm³/mol. The van der Waals surface area contributed by atoms with Crippen LogP contribution in [0.3, 0.4) is 0 Å².